The molecule has 98 valence electrons. The quantitative estimate of drug-likeness (QED) is 0.828. The van der Waals surface area contributed by atoms with Crippen LogP contribution in [-0.4, -0.2) is 5.78 Å². The Kier molecular flexibility index (Phi) is 4.43. The van der Waals surface area contributed by atoms with Crippen LogP contribution < -0.4 is 0 Å². The normalized spacial score (nSPS) is 10.5. The Morgan fingerprint density at radius 2 is 1.42 bits per heavy atom. The molecule has 0 amide bonds. The van der Waals surface area contributed by atoms with E-state index in [1.807, 2.05) is 24.3 Å². The molecule has 0 N–H and O–H groups in total. The van der Waals surface area contributed by atoms with E-state index in [1.165, 1.54) is 12.1 Å². The van der Waals surface area contributed by atoms with Crippen molar-refractivity contribution in [3.63, 3.8) is 0 Å². The van der Waals surface area contributed by atoms with Crippen molar-refractivity contribution >= 4 is 21.7 Å². The van der Waals surface area contributed by atoms with Crippen LogP contribution in [0.15, 0.2) is 46.9 Å². The van der Waals surface area contributed by atoms with E-state index >= 15 is 0 Å². The zero-order chi connectivity index (χ0) is 13.8. The molecule has 0 saturated carbocycles. The molecule has 0 aromatic heterocycles. The van der Waals surface area contributed by atoms with Crippen molar-refractivity contribution in [3.8, 4) is 0 Å². The van der Waals surface area contributed by atoms with Crippen LogP contribution in [0.25, 0.3) is 0 Å². The van der Waals surface area contributed by atoms with E-state index in [0.29, 0.717) is 5.56 Å². The van der Waals surface area contributed by atoms with E-state index in [0.717, 1.165) is 16.1 Å². The number of carbonyl (C=O) groups is 1. The zero-order valence-electron chi connectivity index (χ0n) is 10.00. The Morgan fingerprint density at radius 1 is 0.895 bits per heavy atom. The van der Waals surface area contributed by atoms with Crippen LogP contribution in [-0.2, 0) is 17.6 Å². The number of halogens is 3. The lowest BCUT2D eigenvalue weighted by Crippen LogP contribution is -2.07. The fraction of sp³-hybridized carbons (Fsp3) is 0.133. The van der Waals surface area contributed by atoms with E-state index in [2.05, 4.69) is 15.9 Å². The van der Waals surface area contributed by atoms with Crippen molar-refractivity contribution in [3.05, 3.63) is 69.7 Å². The SMILES string of the molecule is O=C(Cc1ccc(Br)cc1)Cc1cc(F)cc(F)c1. The van der Waals surface area contributed by atoms with Crippen LogP contribution in [0, 0.1) is 11.6 Å². The Balaban J connectivity index is 2.03. The summed E-state index contributed by atoms with van der Waals surface area (Å²) in [5.41, 5.74) is 1.24. The van der Waals surface area contributed by atoms with E-state index in [-0.39, 0.29) is 18.6 Å². The summed E-state index contributed by atoms with van der Waals surface area (Å²) < 4.78 is 26.9. The average Bonchev–Trinajstić information content (AvgIpc) is 2.30. The summed E-state index contributed by atoms with van der Waals surface area (Å²) in [6, 6.07) is 10.5. The molecule has 2 aromatic carbocycles. The highest BCUT2D eigenvalue weighted by atomic mass is 79.9. The van der Waals surface area contributed by atoms with Gasteiger partial charge < -0.3 is 0 Å². The summed E-state index contributed by atoms with van der Waals surface area (Å²) in [5.74, 6) is -1.40. The van der Waals surface area contributed by atoms with E-state index in [4.69, 9.17) is 0 Å². The van der Waals surface area contributed by atoms with Crippen LogP contribution in [0.1, 0.15) is 11.1 Å². The fourth-order valence-corrected chi connectivity index (χ4v) is 2.10. The fourth-order valence-electron chi connectivity index (χ4n) is 1.83. The molecule has 0 bridgehead atoms. The summed E-state index contributed by atoms with van der Waals surface area (Å²) >= 11 is 3.31. The van der Waals surface area contributed by atoms with Gasteiger partial charge in [-0.3, -0.25) is 4.79 Å². The van der Waals surface area contributed by atoms with Gasteiger partial charge in [0.25, 0.3) is 0 Å². The number of benzene rings is 2. The molecule has 2 rings (SSSR count). The van der Waals surface area contributed by atoms with Gasteiger partial charge in [0.1, 0.15) is 17.4 Å². The van der Waals surface area contributed by atoms with Gasteiger partial charge in [0.05, 0.1) is 0 Å². The molecule has 0 aliphatic carbocycles. The molecule has 0 unspecified atom stereocenters. The smallest absolute Gasteiger partial charge is 0.141 e. The maximum absolute atomic E-state index is 13.0. The van der Waals surface area contributed by atoms with Gasteiger partial charge in [-0.25, -0.2) is 8.78 Å². The first kappa shape index (κ1) is 13.9. The monoisotopic (exact) mass is 324 g/mol. The third kappa shape index (κ3) is 4.24. The van der Waals surface area contributed by atoms with Gasteiger partial charge in [0, 0.05) is 23.4 Å². The lowest BCUT2D eigenvalue weighted by molar-refractivity contribution is -0.117. The number of hydrogen-bond acceptors (Lipinski definition) is 1. The van der Waals surface area contributed by atoms with Crippen molar-refractivity contribution in [2.24, 2.45) is 0 Å². The standard InChI is InChI=1S/C15H11BrF2O/c16-12-3-1-10(2-4-12)7-15(19)8-11-5-13(17)9-14(18)6-11/h1-6,9H,7-8H2. The summed E-state index contributed by atoms with van der Waals surface area (Å²) in [6.45, 7) is 0. The first-order valence-electron chi connectivity index (χ1n) is 5.74. The van der Waals surface area contributed by atoms with Gasteiger partial charge in [0.2, 0.25) is 0 Å². The Hall–Kier alpha value is -1.55. The third-order valence-corrected chi connectivity index (χ3v) is 3.17. The minimum atomic E-state index is -0.661. The second-order valence-corrected chi connectivity index (χ2v) is 5.21. The van der Waals surface area contributed by atoms with E-state index < -0.39 is 11.6 Å². The molecule has 19 heavy (non-hydrogen) atoms. The highest BCUT2D eigenvalue weighted by Gasteiger charge is 2.08. The number of hydrogen-bond donors (Lipinski definition) is 0. The number of rotatable bonds is 4. The largest absolute Gasteiger partial charge is 0.299 e. The summed E-state index contributed by atoms with van der Waals surface area (Å²) in [4.78, 5) is 11.8. The van der Waals surface area contributed by atoms with Crippen LogP contribution >= 0.6 is 15.9 Å². The average molecular weight is 325 g/mol. The molecule has 0 radical (unpaired) electrons. The number of carbonyl (C=O) groups excluding carboxylic acids is 1. The van der Waals surface area contributed by atoms with Gasteiger partial charge in [-0.15, -0.1) is 0 Å². The number of ketones is 1. The molecule has 0 atom stereocenters. The highest BCUT2D eigenvalue weighted by Crippen LogP contribution is 2.13. The lowest BCUT2D eigenvalue weighted by atomic mass is 10.0. The predicted octanol–water partition coefficient (Wildman–Crippen LogP) is 4.08. The topological polar surface area (TPSA) is 17.1 Å². The molecule has 0 aliphatic heterocycles. The summed E-state index contributed by atoms with van der Waals surface area (Å²) in [7, 11) is 0. The van der Waals surface area contributed by atoms with Crippen molar-refractivity contribution in [1.82, 2.24) is 0 Å². The van der Waals surface area contributed by atoms with Crippen molar-refractivity contribution < 1.29 is 13.6 Å². The molecule has 0 heterocycles. The first-order valence-corrected chi connectivity index (χ1v) is 6.53. The minimum absolute atomic E-state index is 0.0325. The van der Waals surface area contributed by atoms with Gasteiger partial charge in [-0.1, -0.05) is 28.1 Å². The lowest BCUT2D eigenvalue weighted by Gasteiger charge is -2.03. The molecule has 1 nitrogen and oxygen atoms in total. The van der Waals surface area contributed by atoms with Crippen molar-refractivity contribution in [2.75, 3.05) is 0 Å². The Bertz CT molecular complexity index is 573. The molecule has 2 aromatic rings. The predicted molar refractivity (Wildman–Crippen MR) is 72.9 cm³/mol. The maximum Gasteiger partial charge on any atom is 0.141 e. The highest BCUT2D eigenvalue weighted by molar-refractivity contribution is 9.10. The molecule has 4 heteroatoms. The molecule has 0 fully saturated rings. The van der Waals surface area contributed by atoms with Gasteiger partial charge in [-0.2, -0.15) is 0 Å². The minimum Gasteiger partial charge on any atom is -0.299 e. The van der Waals surface area contributed by atoms with E-state index in [9.17, 15) is 13.6 Å². The van der Waals surface area contributed by atoms with E-state index in [1.54, 1.807) is 0 Å². The second kappa shape index (κ2) is 6.06. The second-order valence-electron chi connectivity index (χ2n) is 4.30. The number of Topliss-reactive ketones (excluding diaryl/α,β-unsaturated/α-hetero) is 1. The molecular weight excluding hydrogens is 314 g/mol. The Labute approximate surface area is 118 Å². The molecule has 0 aliphatic rings. The first-order chi connectivity index (χ1) is 9.02. The third-order valence-electron chi connectivity index (χ3n) is 2.64. The van der Waals surface area contributed by atoms with Crippen LogP contribution in [0.4, 0.5) is 8.78 Å². The van der Waals surface area contributed by atoms with Crippen molar-refractivity contribution in [1.29, 1.82) is 0 Å². The maximum atomic E-state index is 13.0. The van der Waals surface area contributed by atoms with Crippen LogP contribution in [0.2, 0.25) is 0 Å². The molecule has 0 saturated heterocycles. The molecule has 0 spiro atoms. The van der Waals surface area contributed by atoms with Crippen LogP contribution in [0.5, 0.6) is 0 Å². The van der Waals surface area contributed by atoms with Gasteiger partial charge >= 0.3 is 0 Å². The summed E-state index contributed by atoms with van der Waals surface area (Å²) in [5, 5.41) is 0. The van der Waals surface area contributed by atoms with Gasteiger partial charge in [-0.05, 0) is 35.4 Å². The van der Waals surface area contributed by atoms with Crippen LogP contribution in [0.3, 0.4) is 0 Å². The zero-order valence-corrected chi connectivity index (χ0v) is 11.6. The molecular formula is C15H11BrF2O. The summed E-state index contributed by atoms with van der Waals surface area (Å²) in [6.07, 6.45) is 0.288. The van der Waals surface area contributed by atoms with Crippen molar-refractivity contribution in [2.45, 2.75) is 12.8 Å². The Morgan fingerprint density at radius 3 is 2.00 bits per heavy atom. The van der Waals surface area contributed by atoms with Gasteiger partial charge in [0.15, 0.2) is 0 Å².